The molecule has 2 aromatic rings. The maximum absolute atomic E-state index is 12.8. The van der Waals surface area contributed by atoms with Crippen LogP contribution in [0.5, 0.6) is 5.75 Å². The molecule has 0 unspecified atom stereocenters. The van der Waals surface area contributed by atoms with Crippen LogP contribution in [0.1, 0.15) is 38.0 Å². The van der Waals surface area contributed by atoms with E-state index in [1.54, 1.807) is 6.92 Å². The van der Waals surface area contributed by atoms with Gasteiger partial charge in [-0.2, -0.15) is 0 Å². The Hall–Kier alpha value is -4.02. The minimum atomic E-state index is -2.78. The number of aliphatic hydroxyl groups is 2. The zero-order valence-corrected chi connectivity index (χ0v) is 16.8. The summed E-state index contributed by atoms with van der Waals surface area (Å²) in [5.74, 6) is -4.60. The molecule has 166 valence electrons. The molecule has 0 amide bonds. The summed E-state index contributed by atoms with van der Waals surface area (Å²) < 4.78 is 4.90. The summed E-state index contributed by atoms with van der Waals surface area (Å²) in [7, 11) is 0. The Morgan fingerprint density at radius 1 is 1.09 bits per heavy atom. The molecule has 0 spiro atoms. The smallest absolute Gasteiger partial charge is 0.340 e. The first-order valence-corrected chi connectivity index (χ1v) is 9.42. The Morgan fingerprint density at radius 2 is 1.66 bits per heavy atom. The van der Waals surface area contributed by atoms with Gasteiger partial charge in [0.25, 0.3) is 0 Å². The number of Topliss-reactive ketones (excluding diaryl/α,β-unsaturated/α-hetero) is 2. The topological polar surface area (TPSA) is 170 Å². The van der Waals surface area contributed by atoms with Crippen molar-refractivity contribution in [3.63, 3.8) is 0 Å². The first kappa shape index (κ1) is 22.7. The van der Waals surface area contributed by atoms with Gasteiger partial charge in [0, 0.05) is 17.7 Å². The van der Waals surface area contributed by atoms with Gasteiger partial charge >= 0.3 is 11.9 Å². The average Bonchev–Trinajstić information content (AvgIpc) is 3.22. The maximum atomic E-state index is 12.8. The van der Waals surface area contributed by atoms with Crippen molar-refractivity contribution < 1.29 is 44.3 Å². The molecule has 1 aliphatic heterocycles. The number of hydrogen-bond acceptors (Lipinski definition) is 9. The molecular formula is C22H19NO9. The van der Waals surface area contributed by atoms with Crippen molar-refractivity contribution in [3.05, 3.63) is 70.4 Å². The third-order valence-electron chi connectivity index (χ3n) is 4.82. The normalized spacial score (nSPS) is 16.3. The summed E-state index contributed by atoms with van der Waals surface area (Å²) in [5, 5.41) is 40.3. The number of fused-ring (bicyclic) bond motifs is 1. The Bertz CT molecular complexity index is 1130. The minimum Gasteiger partial charge on any atom is -0.506 e. The minimum absolute atomic E-state index is 0.0257. The van der Waals surface area contributed by atoms with Crippen molar-refractivity contribution in [3.8, 4) is 5.75 Å². The number of cyclic esters (lactones) is 1. The summed E-state index contributed by atoms with van der Waals surface area (Å²) >= 11 is 0. The van der Waals surface area contributed by atoms with Crippen LogP contribution in [-0.2, 0) is 9.53 Å². The van der Waals surface area contributed by atoms with Crippen LogP contribution in [0, 0.1) is 0 Å². The molecule has 10 nitrogen and oxygen atoms in total. The van der Waals surface area contributed by atoms with Crippen LogP contribution < -0.4 is 5.32 Å². The lowest BCUT2D eigenvalue weighted by Crippen LogP contribution is -2.46. The molecule has 32 heavy (non-hydrogen) atoms. The number of benzene rings is 2. The average molecular weight is 441 g/mol. The summed E-state index contributed by atoms with van der Waals surface area (Å²) in [6.07, 6.45) is 0. The van der Waals surface area contributed by atoms with Crippen molar-refractivity contribution in [2.45, 2.75) is 12.5 Å². The summed E-state index contributed by atoms with van der Waals surface area (Å²) in [6.45, 7) is 1.52. The van der Waals surface area contributed by atoms with E-state index >= 15 is 0 Å². The number of hydrogen-bond donors (Lipinski definition) is 5. The van der Waals surface area contributed by atoms with Gasteiger partial charge in [-0.3, -0.25) is 9.59 Å². The lowest BCUT2D eigenvalue weighted by molar-refractivity contribution is -0.137. The summed E-state index contributed by atoms with van der Waals surface area (Å²) in [4.78, 5) is 49.1. The molecule has 0 atom stereocenters. The van der Waals surface area contributed by atoms with E-state index in [9.17, 15) is 29.4 Å². The fraction of sp³-hybridized carbons (Fsp3) is 0.182. The van der Waals surface area contributed by atoms with Crippen LogP contribution in [-0.4, -0.2) is 62.7 Å². The number of carboxylic acid groups (broad SMARTS) is 1. The largest absolute Gasteiger partial charge is 0.506 e. The third-order valence-corrected chi connectivity index (χ3v) is 4.82. The van der Waals surface area contributed by atoms with Crippen molar-refractivity contribution in [1.82, 2.24) is 0 Å². The number of aromatic hydroxyl groups is 1. The van der Waals surface area contributed by atoms with Crippen LogP contribution in [0.2, 0.25) is 0 Å². The third kappa shape index (κ3) is 3.61. The number of phenolic OH excluding ortho intramolecular Hbond substituents is 1. The number of carboxylic acids is 1. The quantitative estimate of drug-likeness (QED) is 0.263. The fourth-order valence-electron chi connectivity index (χ4n) is 3.40. The molecule has 1 aliphatic carbocycles. The molecule has 4 rings (SSSR count). The van der Waals surface area contributed by atoms with Gasteiger partial charge in [0.05, 0.1) is 16.9 Å². The lowest BCUT2D eigenvalue weighted by Gasteiger charge is -2.20. The molecule has 0 aromatic heterocycles. The van der Waals surface area contributed by atoms with E-state index < -0.39 is 41.3 Å². The zero-order chi connectivity index (χ0) is 23.6. The maximum Gasteiger partial charge on any atom is 0.340 e. The molecule has 2 aromatic carbocycles. The highest BCUT2D eigenvalue weighted by Gasteiger charge is 2.59. The van der Waals surface area contributed by atoms with Crippen LogP contribution in [0.4, 0.5) is 5.69 Å². The van der Waals surface area contributed by atoms with E-state index in [4.69, 9.17) is 14.9 Å². The second kappa shape index (κ2) is 8.61. The molecule has 0 bridgehead atoms. The SMILES string of the molecule is CCO.O=C1OCC(Nc2cc(C(=O)O)ccc2O)=C1C1(O)C(=O)c2ccccc2C1=O. The first-order chi connectivity index (χ1) is 15.2. The molecule has 10 heteroatoms. The molecule has 2 aliphatic rings. The van der Waals surface area contributed by atoms with E-state index in [-0.39, 0.29) is 40.4 Å². The Balaban J connectivity index is 0.000000913. The fourth-order valence-corrected chi connectivity index (χ4v) is 3.40. The number of rotatable bonds is 4. The number of aliphatic hydroxyl groups excluding tert-OH is 1. The van der Waals surface area contributed by atoms with Crippen molar-refractivity contribution in [1.29, 1.82) is 0 Å². The van der Waals surface area contributed by atoms with Crippen LogP contribution in [0.3, 0.4) is 0 Å². The summed E-state index contributed by atoms with van der Waals surface area (Å²) in [6, 6.07) is 9.16. The van der Waals surface area contributed by atoms with Gasteiger partial charge in [-0.05, 0) is 25.1 Å². The van der Waals surface area contributed by atoms with Gasteiger partial charge in [0.1, 0.15) is 17.9 Å². The highest BCUT2D eigenvalue weighted by molar-refractivity contribution is 6.36. The van der Waals surface area contributed by atoms with Gasteiger partial charge in [-0.25, -0.2) is 9.59 Å². The number of carbonyl (C=O) groups excluding carboxylic acids is 3. The van der Waals surface area contributed by atoms with E-state index in [0.717, 1.165) is 12.1 Å². The van der Waals surface area contributed by atoms with Crippen LogP contribution in [0.15, 0.2) is 53.7 Å². The number of ether oxygens (including phenoxy) is 1. The second-order valence-corrected chi connectivity index (χ2v) is 6.82. The van der Waals surface area contributed by atoms with Crippen molar-refractivity contribution in [2.24, 2.45) is 0 Å². The van der Waals surface area contributed by atoms with Gasteiger partial charge < -0.3 is 30.5 Å². The number of aromatic carboxylic acids is 1. The number of anilines is 1. The predicted molar refractivity (Wildman–Crippen MR) is 109 cm³/mol. The molecule has 1 heterocycles. The zero-order valence-electron chi connectivity index (χ0n) is 16.8. The first-order valence-electron chi connectivity index (χ1n) is 9.42. The van der Waals surface area contributed by atoms with Gasteiger partial charge in [-0.15, -0.1) is 0 Å². The molecular weight excluding hydrogens is 422 g/mol. The number of phenols is 1. The number of nitrogens with one attached hydrogen (secondary N) is 1. The second-order valence-electron chi connectivity index (χ2n) is 6.82. The van der Waals surface area contributed by atoms with E-state index in [1.807, 2.05) is 0 Å². The van der Waals surface area contributed by atoms with Gasteiger partial charge in [0.15, 0.2) is 0 Å². The van der Waals surface area contributed by atoms with Crippen LogP contribution in [0.25, 0.3) is 0 Å². The monoisotopic (exact) mass is 441 g/mol. The van der Waals surface area contributed by atoms with E-state index in [0.29, 0.717) is 0 Å². The van der Waals surface area contributed by atoms with Crippen molar-refractivity contribution >= 4 is 29.2 Å². The Labute approximate surface area is 181 Å². The van der Waals surface area contributed by atoms with Gasteiger partial charge in [0.2, 0.25) is 17.2 Å². The highest BCUT2D eigenvalue weighted by Crippen LogP contribution is 2.39. The predicted octanol–water partition coefficient (Wildman–Crippen LogP) is 1.12. The van der Waals surface area contributed by atoms with Crippen molar-refractivity contribution in [2.75, 3.05) is 18.5 Å². The van der Waals surface area contributed by atoms with E-state index in [2.05, 4.69) is 5.32 Å². The number of carbonyl (C=O) groups is 4. The summed E-state index contributed by atoms with van der Waals surface area (Å²) in [5.41, 5.74) is -3.82. The standard InChI is InChI=1S/C20H13NO8.C2H6O/c22-14-6-5-9(18(25)26)7-12(14)21-13-8-29-19(27)15(13)20(28)16(23)10-3-1-2-4-11(10)17(20)24;1-2-3/h1-7,21-22,28H,8H2,(H,25,26);3H,2H2,1H3. The molecule has 0 fully saturated rings. The Morgan fingerprint density at radius 3 is 2.19 bits per heavy atom. The molecule has 0 saturated heterocycles. The lowest BCUT2D eigenvalue weighted by atomic mass is 9.87. The Kier molecular flexibility index (Phi) is 6.10. The number of esters is 1. The van der Waals surface area contributed by atoms with E-state index in [1.165, 1.54) is 30.3 Å². The highest BCUT2D eigenvalue weighted by atomic mass is 16.5. The van der Waals surface area contributed by atoms with Gasteiger partial charge in [-0.1, -0.05) is 24.3 Å². The number of ketones is 2. The molecule has 0 radical (unpaired) electrons. The molecule has 5 N–H and O–H groups in total. The van der Waals surface area contributed by atoms with Crippen LogP contribution >= 0.6 is 0 Å². The molecule has 0 saturated carbocycles.